The fraction of sp³-hybridized carbons (Fsp3) is 0.333. The van der Waals surface area contributed by atoms with Crippen molar-refractivity contribution in [3.8, 4) is 5.75 Å². The summed E-state index contributed by atoms with van der Waals surface area (Å²) in [4.78, 5) is 0. The van der Waals surface area contributed by atoms with E-state index in [4.69, 9.17) is 11.6 Å². The third-order valence-corrected chi connectivity index (χ3v) is 3.70. The van der Waals surface area contributed by atoms with Gasteiger partial charge in [0.1, 0.15) is 10.8 Å². The molecule has 0 unspecified atom stereocenters. The van der Waals surface area contributed by atoms with Crippen LogP contribution in [0.2, 0.25) is 5.02 Å². The van der Waals surface area contributed by atoms with Crippen molar-refractivity contribution in [3.63, 3.8) is 0 Å². The van der Waals surface area contributed by atoms with Crippen LogP contribution in [0.15, 0.2) is 18.2 Å². The van der Waals surface area contributed by atoms with E-state index >= 15 is 0 Å². The Labute approximate surface area is 123 Å². The van der Waals surface area contributed by atoms with Crippen molar-refractivity contribution in [3.05, 3.63) is 33.8 Å². The molecule has 0 amide bonds. The van der Waals surface area contributed by atoms with Crippen LogP contribution < -0.4 is 10.1 Å². The quantitative estimate of drug-likeness (QED) is 0.875. The zero-order valence-corrected chi connectivity index (χ0v) is 12.1. The van der Waals surface area contributed by atoms with Crippen LogP contribution in [0.4, 0.5) is 13.9 Å². The number of rotatable bonds is 6. The number of nitrogens with one attached hydrogen (secondary N) is 1. The van der Waals surface area contributed by atoms with Gasteiger partial charge in [-0.15, -0.1) is 10.2 Å². The van der Waals surface area contributed by atoms with Crippen molar-refractivity contribution in [2.24, 2.45) is 0 Å². The molecule has 0 atom stereocenters. The molecular weight excluding hydrogens is 308 g/mol. The molecule has 0 fully saturated rings. The van der Waals surface area contributed by atoms with Crippen LogP contribution in [0, 0.1) is 0 Å². The summed E-state index contributed by atoms with van der Waals surface area (Å²) in [5.41, 5.74) is 0.533. The molecule has 1 aromatic heterocycles. The Hall–Kier alpha value is -1.47. The summed E-state index contributed by atoms with van der Waals surface area (Å²) < 4.78 is 29.1. The molecule has 0 aliphatic carbocycles. The number of halogens is 3. The lowest BCUT2D eigenvalue weighted by molar-refractivity contribution is -0.0504. The third-order valence-electron chi connectivity index (χ3n) is 2.44. The van der Waals surface area contributed by atoms with Crippen LogP contribution in [0.5, 0.6) is 5.75 Å². The summed E-state index contributed by atoms with van der Waals surface area (Å²) in [5, 5.41) is 12.9. The molecule has 0 radical (unpaired) electrons. The Morgan fingerprint density at radius 2 is 2.20 bits per heavy atom. The van der Waals surface area contributed by atoms with Crippen molar-refractivity contribution in [1.29, 1.82) is 0 Å². The standard InChI is InChI=1S/C12H12ClF2N3OS/c1-2-10-17-18-12(20-10)16-6-7-5-8(13)3-4-9(7)19-11(14)15/h3-5,11H,2,6H2,1H3,(H,16,18). The van der Waals surface area contributed by atoms with Crippen LogP contribution in [0.25, 0.3) is 0 Å². The SMILES string of the molecule is CCc1nnc(NCc2cc(Cl)ccc2OC(F)F)s1. The predicted molar refractivity (Wildman–Crippen MR) is 74.7 cm³/mol. The average Bonchev–Trinajstić information content (AvgIpc) is 2.86. The van der Waals surface area contributed by atoms with Crippen molar-refractivity contribution < 1.29 is 13.5 Å². The lowest BCUT2D eigenvalue weighted by Gasteiger charge is -2.11. The largest absolute Gasteiger partial charge is 0.434 e. The minimum absolute atomic E-state index is 0.0946. The molecule has 20 heavy (non-hydrogen) atoms. The summed E-state index contributed by atoms with van der Waals surface area (Å²) in [6.07, 6.45) is 0.802. The Bertz CT molecular complexity index is 580. The van der Waals surface area contributed by atoms with E-state index in [0.717, 1.165) is 11.4 Å². The van der Waals surface area contributed by atoms with Gasteiger partial charge in [0.05, 0.1) is 0 Å². The minimum atomic E-state index is -2.87. The summed E-state index contributed by atoms with van der Waals surface area (Å²) in [6.45, 7) is -0.611. The van der Waals surface area contributed by atoms with Gasteiger partial charge in [-0.2, -0.15) is 8.78 Å². The maximum Gasteiger partial charge on any atom is 0.387 e. The summed E-state index contributed by atoms with van der Waals surface area (Å²) in [6, 6.07) is 4.50. The zero-order valence-electron chi connectivity index (χ0n) is 10.6. The summed E-state index contributed by atoms with van der Waals surface area (Å²) >= 11 is 7.29. The molecule has 0 spiro atoms. The van der Waals surface area contributed by atoms with Gasteiger partial charge in [-0.25, -0.2) is 0 Å². The summed E-state index contributed by atoms with van der Waals surface area (Å²) in [5.74, 6) is 0.0946. The number of aryl methyl sites for hydroxylation is 1. The molecular formula is C12H12ClF2N3OS. The average molecular weight is 320 g/mol. The lowest BCUT2D eigenvalue weighted by Crippen LogP contribution is -2.07. The van der Waals surface area contributed by atoms with Crippen molar-refractivity contribution >= 4 is 28.1 Å². The van der Waals surface area contributed by atoms with Gasteiger partial charge in [-0.3, -0.25) is 0 Å². The molecule has 1 heterocycles. The van der Waals surface area contributed by atoms with Gasteiger partial charge in [0.15, 0.2) is 0 Å². The predicted octanol–water partition coefficient (Wildman–Crippen LogP) is 3.97. The van der Waals surface area contributed by atoms with Gasteiger partial charge in [-0.05, 0) is 24.6 Å². The van der Waals surface area contributed by atoms with Crippen LogP contribution >= 0.6 is 22.9 Å². The molecule has 0 aliphatic heterocycles. The molecule has 1 N–H and O–H groups in total. The monoisotopic (exact) mass is 319 g/mol. The fourth-order valence-electron chi connectivity index (χ4n) is 1.54. The zero-order chi connectivity index (χ0) is 14.5. The van der Waals surface area contributed by atoms with E-state index in [1.165, 1.54) is 23.5 Å². The molecule has 8 heteroatoms. The second kappa shape index (κ2) is 6.81. The summed E-state index contributed by atoms with van der Waals surface area (Å²) in [7, 11) is 0. The Morgan fingerprint density at radius 1 is 1.40 bits per heavy atom. The van der Waals surface area contributed by atoms with Crippen LogP contribution in [0.1, 0.15) is 17.5 Å². The van der Waals surface area contributed by atoms with Crippen molar-refractivity contribution in [1.82, 2.24) is 10.2 Å². The van der Waals surface area contributed by atoms with Crippen molar-refractivity contribution in [2.75, 3.05) is 5.32 Å². The molecule has 108 valence electrons. The van der Waals surface area contributed by atoms with Gasteiger partial charge in [-0.1, -0.05) is 29.9 Å². The second-order valence-corrected chi connectivity index (χ2v) is 5.34. The first kappa shape index (κ1) is 14.9. The van der Waals surface area contributed by atoms with Crippen LogP contribution in [0.3, 0.4) is 0 Å². The first-order chi connectivity index (χ1) is 9.58. The highest BCUT2D eigenvalue weighted by Crippen LogP contribution is 2.26. The van der Waals surface area contributed by atoms with E-state index in [-0.39, 0.29) is 12.3 Å². The number of benzene rings is 1. The first-order valence-corrected chi connectivity index (χ1v) is 7.07. The highest BCUT2D eigenvalue weighted by Gasteiger charge is 2.11. The van der Waals surface area contributed by atoms with E-state index in [0.29, 0.717) is 15.7 Å². The third kappa shape index (κ3) is 4.01. The molecule has 0 bridgehead atoms. The molecule has 4 nitrogen and oxygen atoms in total. The Balaban J connectivity index is 2.09. The number of ether oxygens (including phenoxy) is 1. The normalized spacial score (nSPS) is 10.8. The lowest BCUT2D eigenvalue weighted by atomic mass is 10.2. The van der Waals surface area contributed by atoms with E-state index < -0.39 is 6.61 Å². The number of aromatic nitrogens is 2. The van der Waals surface area contributed by atoms with Gasteiger partial charge < -0.3 is 10.1 Å². The Morgan fingerprint density at radius 3 is 2.85 bits per heavy atom. The van der Waals surface area contributed by atoms with Gasteiger partial charge in [0, 0.05) is 17.1 Å². The van der Waals surface area contributed by atoms with E-state index in [1.54, 1.807) is 6.07 Å². The molecule has 0 saturated heterocycles. The molecule has 0 saturated carbocycles. The highest BCUT2D eigenvalue weighted by molar-refractivity contribution is 7.15. The molecule has 2 rings (SSSR count). The van der Waals surface area contributed by atoms with Crippen molar-refractivity contribution in [2.45, 2.75) is 26.5 Å². The molecule has 2 aromatic rings. The number of alkyl halides is 2. The van der Waals surface area contributed by atoms with E-state index in [2.05, 4.69) is 20.3 Å². The maximum absolute atomic E-state index is 12.3. The van der Waals surface area contributed by atoms with E-state index in [1.807, 2.05) is 6.92 Å². The topological polar surface area (TPSA) is 47.0 Å². The Kier molecular flexibility index (Phi) is 5.08. The highest BCUT2D eigenvalue weighted by atomic mass is 35.5. The van der Waals surface area contributed by atoms with E-state index in [9.17, 15) is 8.78 Å². The fourth-order valence-corrected chi connectivity index (χ4v) is 2.41. The number of nitrogens with zero attached hydrogens (tertiary/aromatic N) is 2. The number of hydrogen-bond donors (Lipinski definition) is 1. The maximum atomic E-state index is 12.3. The number of hydrogen-bond acceptors (Lipinski definition) is 5. The van der Waals surface area contributed by atoms with Crippen LogP contribution in [-0.4, -0.2) is 16.8 Å². The van der Waals surface area contributed by atoms with Gasteiger partial charge >= 0.3 is 6.61 Å². The molecule has 0 aliphatic rings. The molecule has 1 aromatic carbocycles. The smallest absolute Gasteiger partial charge is 0.387 e. The van der Waals surface area contributed by atoms with Gasteiger partial charge in [0.2, 0.25) is 5.13 Å². The minimum Gasteiger partial charge on any atom is -0.434 e. The van der Waals surface area contributed by atoms with Crippen LogP contribution in [-0.2, 0) is 13.0 Å². The number of anilines is 1. The van der Waals surface area contributed by atoms with Gasteiger partial charge in [0.25, 0.3) is 0 Å². The first-order valence-electron chi connectivity index (χ1n) is 5.88. The second-order valence-electron chi connectivity index (χ2n) is 3.84.